The number of aromatic nitrogens is 6. The minimum atomic E-state index is -4.36. The minimum absolute atomic E-state index is 0.114. The summed E-state index contributed by atoms with van der Waals surface area (Å²) in [6.07, 6.45) is -0.446. The van der Waals surface area contributed by atoms with Gasteiger partial charge in [0.15, 0.2) is 0 Å². The number of carbonyl (C=O) groups is 1. The summed E-state index contributed by atoms with van der Waals surface area (Å²) in [5.74, 6) is 0.735. The third-order valence-corrected chi connectivity index (χ3v) is 9.80. The summed E-state index contributed by atoms with van der Waals surface area (Å²) < 4.78 is 49.3. The number of anilines is 1. The average Bonchev–Trinajstić information content (AvgIpc) is 3.84. The number of halogens is 3. The number of likely N-dealkylation sites (tertiary alicyclic amines) is 1. The van der Waals surface area contributed by atoms with Crippen molar-refractivity contribution in [2.24, 2.45) is 0 Å². The Bertz CT molecular complexity index is 1900. The van der Waals surface area contributed by atoms with Crippen LogP contribution in [0.4, 0.5) is 19.1 Å². The van der Waals surface area contributed by atoms with Crippen LogP contribution >= 0.6 is 0 Å². The molecule has 2 saturated heterocycles. The zero-order valence-corrected chi connectivity index (χ0v) is 27.3. The van der Waals surface area contributed by atoms with Gasteiger partial charge in [0.25, 0.3) is 5.91 Å². The fourth-order valence-corrected chi connectivity index (χ4v) is 7.28. The first kappa shape index (κ1) is 32.6. The molecule has 256 valence electrons. The highest BCUT2D eigenvalue weighted by Gasteiger charge is 2.42. The largest absolute Gasteiger partial charge is 0.496 e. The Labute approximate surface area is 281 Å². The number of rotatable bonds is 9. The average molecular weight is 674 g/mol. The maximum Gasteiger partial charge on any atom is 0.406 e. The van der Waals surface area contributed by atoms with Gasteiger partial charge >= 0.3 is 6.18 Å². The van der Waals surface area contributed by atoms with Gasteiger partial charge < -0.3 is 24.0 Å². The molecule has 2 aromatic heterocycles. The van der Waals surface area contributed by atoms with Crippen LogP contribution in [0.5, 0.6) is 5.75 Å². The number of fused-ring (bicyclic) bond motifs is 1. The Morgan fingerprint density at radius 2 is 1.78 bits per heavy atom. The third kappa shape index (κ3) is 6.82. The van der Waals surface area contributed by atoms with Crippen molar-refractivity contribution in [2.45, 2.75) is 37.4 Å². The molecule has 0 N–H and O–H groups in total. The summed E-state index contributed by atoms with van der Waals surface area (Å²) in [4.78, 5) is 25.0. The zero-order chi connectivity index (χ0) is 34.0. The molecule has 0 unspecified atom stereocenters. The Kier molecular flexibility index (Phi) is 8.97. The highest BCUT2D eigenvalue weighted by Crippen LogP contribution is 2.39. The quantitative estimate of drug-likeness (QED) is 0.217. The predicted octanol–water partition coefficient (Wildman–Crippen LogP) is 4.97. The number of methoxy groups -OCH3 is 1. The van der Waals surface area contributed by atoms with Gasteiger partial charge in [-0.15, -0.1) is 5.10 Å². The topological polar surface area (TPSA) is 97.4 Å². The van der Waals surface area contributed by atoms with Crippen LogP contribution in [0.2, 0.25) is 0 Å². The number of alkyl halides is 3. The van der Waals surface area contributed by atoms with Crippen LogP contribution in [-0.2, 0) is 12.0 Å². The number of imidazole rings is 1. The summed E-state index contributed by atoms with van der Waals surface area (Å²) in [5, 5.41) is 11.4. The van der Waals surface area contributed by atoms with Crippen LogP contribution in [0.3, 0.4) is 0 Å². The zero-order valence-electron chi connectivity index (χ0n) is 27.3. The van der Waals surface area contributed by atoms with E-state index >= 15 is 0 Å². The maximum atomic E-state index is 14.1. The fraction of sp³-hybridized carbons (Fsp3) is 0.400. The van der Waals surface area contributed by atoms with E-state index in [0.29, 0.717) is 66.7 Å². The smallest absolute Gasteiger partial charge is 0.406 e. The second-order valence-electron chi connectivity index (χ2n) is 12.8. The second-order valence-corrected chi connectivity index (χ2v) is 12.8. The van der Waals surface area contributed by atoms with Crippen LogP contribution in [-0.4, -0.2) is 105 Å². The molecule has 2 fully saturated rings. The number of tetrazole rings is 1. The fourth-order valence-electron chi connectivity index (χ4n) is 7.28. The first-order valence-corrected chi connectivity index (χ1v) is 16.5. The molecule has 0 radical (unpaired) electrons. The van der Waals surface area contributed by atoms with E-state index < -0.39 is 12.7 Å². The van der Waals surface area contributed by atoms with Gasteiger partial charge in [-0.05, 0) is 78.7 Å². The van der Waals surface area contributed by atoms with Crippen molar-refractivity contribution in [3.8, 4) is 11.4 Å². The Morgan fingerprint density at radius 3 is 2.55 bits per heavy atom. The summed E-state index contributed by atoms with van der Waals surface area (Å²) in [6, 6.07) is 22.7. The van der Waals surface area contributed by atoms with Crippen LogP contribution in [0, 0.1) is 0 Å². The van der Waals surface area contributed by atoms with E-state index in [-0.39, 0.29) is 11.3 Å². The molecule has 0 saturated carbocycles. The monoisotopic (exact) mass is 673 g/mol. The molecule has 1 atom stereocenters. The standard InChI is InChI=1S/C35H38F3N9O2/c1-49-31-13-12-27(47-25-39-41-42-47)22-28(31)32(48)45-19-15-34(23-45,26-8-3-2-4-9-26)14-18-43-16-7-17-44(21-20-43)33-40-29-10-5-6-11-30(29)46(33)24-35(36,37)38/h2-6,8-13,22,25H,7,14-21,23-24H2,1H3/t34-/m0/s1. The molecule has 3 aromatic carbocycles. The second kappa shape index (κ2) is 13.5. The molecule has 0 aliphatic carbocycles. The lowest BCUT2D eigenvalue weighted by atomic mass is 9.76. The number of hydrogen-bond acceptors (Lipinski definition) is 8. The van der Waals surface area contributed by atoms with Gasteiger partial charge in [0.1, 0.15) is 18.6 Å². The van der Waals surface area contributed by atoms with Crippen molar-refractivity contribution in [1.82, 2.24) is 39.6 Å². The first-order chi connectivity index (χ1) is 23.7. The molecular weight excluding hydrogens is 635 g/mol. The maximum absolute atomic E-state index is 14.1. The van der Waals surface area contributed by atoms with Crippen molar-refractivity contribution >= 4 is 22.9 Å². The molecule has 0 spiro atoms. The predicted molar refractivity (Wildman–Crippen MR) is 178 cm³/mol. The van der Waals surface area contributed by atoms with Crippen LogP contribution in [0.1, 0.15) is 35.2 Å². The number of ether oxygens (including phenoxy) is 1. The van der Waals surface area contributed by atoms with E-state index in [9.17, 15) is 18.0 Å². The normalized spacial score (nSPS) is 19.0. The molecule has 7 rings (SSSR count). The van der Waals surface area contributed by atoms with E-state index in [1.165, 1.54) is 21.1 Å². The number of hydrogen-bond donors (Lipinski definition) is 0. The highest BCUT2D eigenvalue weighted by molar-refractivity contribution is 5.98. The third-order valence-electron chi connectivity index (χ3n) is 9.80. The van der Waals surface area contributed by atoms with Gasteiger partial charge in [-0.1, -0.05) is 42.5 Å². The van der Waals surface area contributed by atoms with Gasteiger partial charge in [0.05, 0.1) is 29.4 Å². The lowest BCUT2D eigenvalue weighted by Crippen LogP contribution is -2.39. The Morgan fingerprint density at radius 1 is 0.959 bits per heavy atom. The van der Waals surface area contributed by atoms with Crippen molar-refractivity contribution in [3.63, 3.8) is 0 Å². The summed E-state index contributed by atoms with van der Waals surface area (Å²) >= 11 is 0. The molecule has 1 amide bonds. The van der Waals surface area contributed by atoms with Gasteiger partial charge in [-0.25, -0.2) is 9.67 Å². The SMILES string of the molecule is COc1ccc(-n2cnnn2)cc1C(=O)N1CC[C@](CCN2CCCN(c3nc4ccccc4n3CC(F)(F)F)CC2)(c2ccccc2)C1. The van der Waals surface area contributed by atoms with Gasteiger partial charge in [-0.2, -0.15) is 13.2 Å². The number of benzene rings is 3. The van der Waals surface area contributed by atoms with Gasteiger partial charge in [0.2, 0.25) is 5.95 Å². The molecule has 2 aliphatic rings. The minimum Gasteiger partial charge on any atom is -0.496 e. The number of nitrogens with zero attached hydrogens (tertiary/aromatic N) is 9. The molecule has 0 bridgehead atoms. The number of para-hydroxylation sites is 2. The summed E-state index contributed by atoms with van der Waals surface area (Å²) in [5.41, 5.74) is 3.09. The molecule has 11 nitrogen and oxygen atoms in total. The van der Waals surface area contributed by atoms with E-state index in [1.54, 1.807) is 49.6 Å². The van der Waals surface area contributed by atoms with Gasteiger partial charge in [0, 0.05) is 38.1 Å². The van der Waals surface area contributed by atoms with E-state index in [1.807, 2.05) is 28.0 Å². The van der Waals surface area contributed by atoms with Crippen molar-refractivity contribution in [1.29, 1.82) is 0 Å². The molecule has 4 heterocycles. The molecule has 14 heteroatoms. The first-order valence-electron chi connectivity index (χ1n) is 16.5. The lowest BCUT2D eigenvalue weighted by molar-refractivity contribution is -0.139. The van der Waals surface area contributed by atoms with Crippen LogP contribution in [0.15, 0.2) is 79.1 Å². The molecule has 5 aromatic rings. The molecular formula is C35H38F3N9O2. The van der Waals surface area contributed by atoms with Crippen LogP contribution < -0.4 is 9.64 Å². The van der Waals surface area contributed by atoms with Gasteiger partial charge in [-0.3, -0.25) is 4.79 Å². The van der Waals surface area contributed by atoms with Crippen LogP contribution in [0.25, 0.3) is 16.7 Å². The summed E-state index contributed by atoms with van der Waals surface area (Å²) in [6.45, 7) is 3.57. The molecule has 49 heavy (non-hydrogen) atoms. The summed E-state index contributed by atoms with van der Waals surface area (Å²) in [7, 11) is 1.55. The van der Waals surface area contributed by atoms with Crippen molar-refractivity contribution in [3.05, 3.63) is 90.3 Å². The number of carbonyl (C=O) groups excluding carboxylic acids is 1. The van der Waals surface area contributed by atoms with Crippen molar-refractivity contribution in [2.75, 3.05) is 57.8 Å². The Balaban J connectivity index is 1.07. The Hall–Kier alpha value is -4.98. The number of amides is 1. The van der Waals surface area contributed by atoms with E-state index in [0.717, 1.165) is 32.4 Å². The van der Waals surface area contributed by atoms with E-state index in [2.05, 4.69) is 37.5 Å². The van der Waals surface area contributed by atoms with Crippen molar-refractivity contribution < 1.29 is 22.7 Å². The lowest BCUT2D eigenvalue weighted by Gasteiger charge is -2.33. The van der Waals surface area contributed by atoms with E-state index in [4.69, 9.17) is 4.74 Å². The highest BCUT2D eigenvalue weighted by atomic mass is 19.4. The molecule has 2 aliphatic heterocycles.